The van der Waals surface area contributed by atoms with E-state index < -0.39 is 0 Å². The van der Waals surface area contributed by atoms with Gasteiger partial charge in [0.1, 0.15) is 5.60 Å². The van der Waals surface area contributed by atoms with Crippen LogP contribution in [0.1, 0.15) is 32.3 Å². The monoisotopic (exact) mass is 218 g/mol. The van der Waals surface area contributed by atoms with Crippen molar-refractivity contribution >= 4 is 5.97 Å². The third-order valence-electron chi connectivity index (χ3n) is 3.13. The van der Waals surface area contributed by atoms with Crippen molar-refractivity contribution in [3.63, 3.8) is 0 Å². The maximum absolute atomic E-state index is 11.8. The van der Waals surface area contributed by atoms with Gasteiger partial charge in [0.25, 0.3) is 0 Å². The molecule has 0 N–H and O–H groups in total. The van der Waals surface area contributed by atoms with Crippen molar-refractivity contribution in [2.75, 3.05) is 0 Å². The number of esters is 1. The van der Waals surface area contributed by atoms with Crippen molar-refractivity contribution < 1.29 is 9.53 Å². The van der Waals surface area contributed by atoms with Crippen LogP contribution in [0.25, 0.3) is 0 Å². The van der Waals surface area contributed by atoms with E-state index in [0.717, 1.165) is 19.3 Å². The first-order chi connectivity index (χ1) is 7.57. The van der Waals surface area contributed by atoms with Gasteiger partial charge in [0, 0.05) is 0 Å². The van der Waals surface area contributed by atoms with E-state index in [4.69, 9.17) is 4.74 Å². The summed E-state index contributed by atoms with van der Waals surface area (Å²) in [4.78, 5) is 11.8. The van der Waals surface area contributed by atoms with Crippen LogP contribution in [0.15, 0.2) is 30.3 Å². The van der Waals surface area contributed by atoms with Gasteiger partial charge in [-0.05, 0) is 38.7 Å². The zero-order valence-corrected chi connectivity index (χ0v) is 9.90. The lowest BCUT2D eigenvalue weighted by molar-refractivity contribution is -0.169. The molecule has 0 spiro atoms. The molecule has 1 aliphatic rings. The van der Waals surface area contributed by atoms with Crippen molar-refractivity contribution in [2.45, 2.75) is 38.7 Å². The van der Waals surface area contributed by atoms with Crippen molar-refractivity contribution in [1.82, 2.24) is 0 Å². The van der Waals surface area contributed by atoms with Crippen LogP contribution in [-0.2, 0) is 16.0 Å². The lowest BCUT2D eigenvalue weighted by atomic mass is 9.87. The molecule has 86 valence electrons. The molecule has 1 atom stereocenters. The van der Waals surface area contributed by atoms with Crippen LogP contribution in [0.3, 0.4) is 0 Å². The standard InChI is InChI=1S/C14H18O2/c1-14(2)9-8-12(13(15)16-14)10-11-6-4-3-5-7-11/h3-7,12H,8-10H2,1-2H3. The molecule has 0 amide bonds. The minimum absolute atomic E-state index is 0.0374. The van der Waals surface area contributed by atoms with E-state index in [2.05, 4.69) is 12.1 Å². The number of rotatable bonds is 2. The average Bonchev–Trinajstić information content (AvgIpc) is 2.23. The van der Waals surface area contributed by atoms with Gasteiger partial charge in [-0.3, -0.25) is 4.79 Å². The molecule has 1 aromatic carbocycles. The van der Waals surface area contributed by atoms with Crippen LogP contribution in [0.5, 0.6) is 0 Å². The normalized spacial score (nSPS) is 23.9. The lowest BCUT2D eigenvalue weighted by Crippen LogP contribution is -2.38. The Bertz CT molecular complexity index is 368. The number of carbonyl (C=O) groups is 1. The summed E-state index contributed by atoms with van der Waals surface area (Å²) in [5.41, 5.74) is 0.939. The van der Waals surface area contributed by atoms with E-state index in [1.807, 2.05) is 32.0 Å². The van der Waals surface area contributed by atoms with Crippen molar-refractivity contribution in [3.8, 4) is 0 Å². The lowest BCUT2D eigenvalue weighted by Gasteiger charge is -2.33. The predicted octanol–water partition coefficient (Wildman–Crippen LogP) is 2.96. The molecule has 0 radical (unpaired) electrons. The highest BCUT2D eigenvalue weighted by Crippen LogP contribution is 2.30. The second kappa shape index (κ2) is 4.28. The fraction of sp³-hybridized carbons (Fsp3) is 0.500. The fourth-order valence-corrected chi connectivity index (χ4v) is 2.13. The first kappa shape index (κ1) is 11.2. The third-order valence-corrected chi connectivity index (χ3v) is 3.13. The summed E-state index contributed by atoms with van der Waals surface area (Å²) >= 11 is 0. The zero-order valence-electron chi connectivity index (χ0n) is 9.90. The number of cyclic esters (lactones) is 1. The maximum atomic E-state index is 11.8. The van der Waals surface area contributed by atoms with E-state index in [1.165, 1.54) is 5.56 Å². The fourth-order valence-electron chi connectivity index (χ4n) is 2.13. The number of benzene rings is 1. The van der Waals surface area contributed by atoms with Crippen molar-refractivity contribution in [3.05, 3.63) is 35.9 Å². The smallest absolute Gasteiger partial charge is 0.309 e. The van der Waals surface area contributed by atoms with Gasteiger partial charge in [-0.15, -0.1) is 0 Å². The van der Waals surface area contributed by atoms with Crippen molar-refractivity contribution in [2.24, 2.45) is 5.92 Å². The Labute approximate surface area is 96.6 Å². The maximum Gasteiger partial charge on any atom is 0.309 e. The molecule has 0 saturated carbocycles. The van der Waals surface area contributed by atoms with Crippen LogP contribution < -0.4 is 0 Å². The first-order valence-electron chi connectivity index (χ1n) is 5.84. The summed E-state index contributed by atoms with van der Waals surface area (Å²) in [5.74, 6) is -0.00414. The molecule has 0 bridgehead atoms. The van der Waals surface area contributed by atoms with Crippen molar-refractivity contribution in [1.29, 1.82) is 0 Å². The molecule has 1 fully saturated rings. The van der Waals surface area contributed by atoms with Crippen LogP contribution in [-0.4, -0.2) is 11.6 Å². The molecule has 1 unspecified atom stereocenters. The minimum atomic E-state index is -0.274. The molecule has 16 heavy (non-hydrogen) atoms. The van der Waals surface area contributed by atoms with Gasteiger partial charge < -0.3 is 4.74 Å². The number of hydrogen-bond acceptors (Lipinski definition) is 2. The van der Waals surface area contributed by atoms with Gasteiger partial charge in [-0.2, -0.15) is 0 Å². The Morgan fingerprint density at radius 3 is 2.62 bits per heavy atom. The molecular formula is C14H18O2. The molecule has 0 aliphatic carbocycles. The number of ether oxygens (including phenoxy) is 1. The van der Waals surface area contributed by atoms with Crippen LogP contribution in [0.2, 0.25) is 0 Å². The highest BCUT2D eigenvalue weighted by molar-refractivity contribution is 5.74. The van der Waals surface area contributed by atoms with E-state index >= 15 is 0 Å². The largest absolute Gasteiger partial charge is 0.459 e. The van der Waals surface area contributed by atoms with E-state index in [-0.39, 0.29) is 17.5 Å². The van der Waals surface area contributed by atoms with E-state index in [0.29, 0.717) is 0 Å². The number of hydrogen-bond donors (Lipinski definition) is 0. The van der Waals surface area contributed by atoms with Crippen LogP contribution in [0, 0.1) is 5.92 Å². The molecule has 1 aromatic rings. The van der Waals surface area contributed by atoms with Crippen LogP contribution in [0.4, 0.5) is 0 Å². The molecule has 2 rings (SSSR count). The van der Waals surface area contributed by atoms with Gasteiger partial charge in [-0.1, -0.05) is 30.3 Å². The second-order valence-electron chi connectivity index (χ2n) is 5.11. The first-order valence-corrected chi connectivity index (χ1v) is 5.84. The molecule has 2 nitrogen and oxygen atoms in total. The third kappa shape index (κ3) is 2.63. The quantitative estimate of drug-likeness (QED) is 0.713. The molecular weight excluding hydrogens is 200 g/mol. The summed E-state index contributed by atoms with van der Waals surface area (Å²) in [7, 11) is 0. The van der Waals surface area contributed by atoms with Gasteiger partial charge in [0.05, 0.1) is 5.92 Å². The Morgan fingerprint density at radius 2 is 2.00 bits per heavy atom. The Morgan fingerprint density at radius 1 is 1.31 bits per heavy atom. The van der Waals surface area contributed by atoms with Gasteiger partial charge in [0.15, 0.2) is 0 Å². The summed E-state index contributed by atoms with van der Waals surface area (Å²) in [6, 6.07) is 10.1. The SMILES string of the molecule is CC1(C)CCC(Cc2ccccc2)C(=O)O1. The predicted molar refractivity (Wildman–Crippen MR) is 63.0 cm³/mol. The van der Waals surface area contributed by atoms with Gasteiger partial charge >= 0.3 is 5.97 Å². The minimum Gasteiger partial charge on any atom is -0.459 e. The second-order valence-corrected chi connectivity index (χ2v) is 5.11. The molecule has 0 aromatic heterocycles. The molecule has 1 saturated heterocycles. The Kier molecular flexibility index (Phi) is 2.99. The highest BCUT2D eigenvalue weighted by atomic mass is 16.6. The molecule has 2 heteroatoms. The zero-order chi connectivity index (χ0) is 11.6. The topological polar surface area (TPSA) is 26.3 Å². The molecule has 1 heterocycles. The number of carbonyl (C=O) groups excluding carboxylic acids is 1. The van der Waals surface area contributed by atoms with Crippen LogP contribution >= 0.6 is 0 Å². The molecule has 1 aliphatic heterocycles. The summed E-state index contributed by atoms with van der Waals surface area (Å²) < 4.78 is 5.42. The average molecular weight is 218 g/mol. The summed E-state index contributed by atoms with van der Waals surface area (Å²) in [6.45, 7) is 3.95. The highest BCUT2D eigenvalue weighted by Gasteiger charge is 2.34. The van der Waals surface area contributed by atoms with Gasteiger partial charge in [-0.25, -0.2) is 0 Å². The Balaban J connectivity index is 2.00. The summed E-state index contributed by atoms with van der Waals surface area (Å²) in [6.07, 6.45) is 2.69. The van der Waals surface area contributed by atoms with E-state index in [9.17, 15) is 4.79 Å². The summed E-state index contributed by atoms with van der Waals surface area (Å²) in [5, 5.41) is 0. The van der Waals surface area contributed by atoms with Gasteiger partial charge in [0.2, 0.25) is 0 Å². The Hall–Kier alpha value is -1.31. The van der Waals surface area contributed by atoms with E-state index in [1.54, 1.807) is 0 Å².